The maximum atomic E-state index is 10.9. The summed E-state index contributed by atoms with van der Waals surface area (Å²) in [6.07, 6.45) is 1.95. The van der Waals surface area contributed by atoms with Gasteiger partial charge in [0.2, 0.25) is 0 Å². The van der Waals surface area contributed by atoms with E-state index in [-0.39, 0.29) is 17.7 Å². The lowest BCUT2D eigenvalue weighted by Crippen LogP contribution is -2.32. The first-order valence-electron chi connectivity index (χ1n) is 4.47. The molecule has 0 saturated heterocycles. The Morgan fingerprint density at radius 2 is 2.36 bits per heavy atom. The smallest absolute Gasteiger partial charge is 0.252 e. The Morgan fingerprint density at radius 1 is 1.64 bits per heavy atom. The van der Waals surface area contributed by atoms with Gasteiger partial charge in [0.1, 0.15) is 5.82 Å². The molecule has 0 spiro atoms. The Kier molecular flexibility index (Phi) is 3.24. The predicted molar refractivity (Wildman–Crippen MR) is 54.3 cm³/mol. The molecule has 14 heavy (non-hydrogen) atoms. The predicted octanol–water partition coefficient (Wildman–Crippen LogP) is 0.343. The number of hydrogen-bond acceptors (Lipinski definition) is 4. The molecule has 0 aliphatic carbocycles. The summed E-state index contributed by atoms with van der Waals surface area (Å²) in [6.45, 7) is 3.97. The van der Waals surface area contributed by atoms with E-state index < -0.39 is 0 Å². The van der Waals surface area contributed by atoms with Crippen molar-refractivity contribution in [1.82, 2.24) is 9.97 Å². The molecule has 1 aromatic rings. The first-order chi connectivity index (χ1) is 6.53. The summed E-state index contributed by atoms with van der Waals surface area (Å²) in [6, 6.07) is 1.39. The minimum absolute atomic E-state index is 0.100. The second kappa shape index (κ2) is 4.23. The molecule has 0 aromatic carbocycles. The van der Waals surface area contributed by atoms with Gasteiger partial charge in [-0.1, -0.05) is 0 Å². The van der Waals surface area contributed by atoms with E-state index in [1.165, 1.54) is 12.4 Å². The molecule has 0 unspecified atom stereocenters. The Hall–Kier alpha value is -1.36. The molecule has 3 N–H and O–H groups in total. The van der Waals surface area contributed by atoms with Gasteiger partial charge in [0.05, 0.1) is 6.33 Å². The van der Waals surface area contributed by atoms with Gasteiger partial charge < -0.3 is 15.4 Å². The Bertz CT molecular complexity index is 346. The van der Waals surface area contributed by atoms with Crippen LogP contribution in [0.3, 0.4) is 0 Å². The molecule has 78 valence electrons. The van der Waals surface area contributed by atoms with E-state index >= 15 is 0 Å². The second-order valence-corrected chi connectivity index (χ2v) is 3.78. The maximum Gasteiger partial charge on any atom is 0.252 e. The van der Waals surface area contributed by atoms with E-state index in [0.717, 1.165) is 0 Å². The number of nitrogens with one attached hydrogen (secondary N) is 2. The molecular formula is C9H15N3O2. The fourth-order valence-electron chi connectivity index (χ4n) is 1.13. The zero-order valence-electron chi connectivity index (χ0n) is 8.37. The molecule has 1 aromatic heterocycles. The van der Waals surface area contributed by atoms with Crippen LogP contribution in [0.15, 0.2) is 17.2 Å². The third-order valence-electron chi connectivity index (χ3n) is 1.88. The van der Waals surface area contributed by atoms with Crippen molar-refractivity contribution in [3.63, 3.8) is 0 Å². The molecule has 1 heterocycles. The van der Waals surface area contributed by atoms with Gasteiger partial charge in [0.15, 0.2) is 0 Å². The van der Waals surface area contributed by atoms with Crippen LogP contribution in [0.4, 0.5) is 5.82 Å². The number of aliphatic hydroxyl groups is 1. The van der Waals surface area contributed by atoms with Crippen molar-refractivity contribution in [3.8, 4) is 0 Å². The highest BCUT2D eigenvalue weighted by atomic mass is 16.3. The Balaban J connectivity index is 2.73. The number of aliphatic hydroxyl groups excluding tert-OH is 1. The zero-order valence-corrected chi connectivity index (χ0v) is 8.37. The van der Waals surface area contributed by atoms with Crippen molar-refractivity contribution in [2.24, 2.45) is 0 Å². The summed E-state index contributed by atoms with van der Waals surface area (Å²) in [5, 5.41) is 11.9. The van der Waals surface area contributed by atoms with Crippen molar-refractivity contribution in [1.29, 1.82) is 0 Å². The Labute approximate surface area is 82.2 Å². The van der Waals surface area contributed by atoms with Crippen LogP contribution < -0.4 is 10.9 Å². The molecular weight excluding hydrogens is 182 g/mol. The monoisotopic (exact) mass is 197 g/mol. The van der Waals surface area contributed by atoms with Gasteiger partial charge in [-0.2, -0.15) is 0 Å². The van der Waals surface area contributed by atoms with Gasteiger partial charge in [0.25, 0.3) is 5.56 Å². The van der Waals surface area contributed by atoms with Crippen LogP contribution in [-0.2, 0) is 0 Å². The summed E-state index contributed by atoms with van der Waals surface area (Å²) < 4.78 is 0. The zero-order chi connectivity index (χ0) is 10.6. The van der Waals surface area contributed by atoms with E-state index in [1.807, 2.05) is 13.8 Å². The third-order valence-corrected chi connectivity index (χ3v) is 1.88. The summed E-state index contributed by atoms with van der Waals surface area (Å²) in [4.78, 5) is 17.3. The van der Waals surface area contributed by atoms with Crippen LogP contribution in [0.25, 0.3) is 0 Å². The molecule has 0 fully saturated rings. The summed E-state index contributed by atoms with van der Waals surface area (Å²) in [5.74, 6) is 0.521. The van der Waals surface area contributed by atoms with Gasteiger partial charge in [0, 0.05) is 18.2 Å². The molecule has 0 atom stereocenters. The van der Waals surface area contributed by atoms with Gasteiger partial charge in [-0.25, -0.2) is 4.98 Å². The molecule has 0 aliphatic heterocycles. The van der Waals surface area contributed by atoms with E-state index in [4.69, 9.17) is 5.11 Å². The number of rotatable bonds is 4. The number of aromatic amines is 1. The lowest BCUT2D eigenvalue weighted by atomic mass is 10.0. The lowest BCUT2D eigenvalue weighted by molar-refractivity contribution is 0.260. The van der Waals surface area contributed by atoms with Crippen molar-refractivity contribution >= 4 is 5.82 Å². The number of aromatic nitrogens is 2. The first kappa shape index (κ1) is 10.7. The fourth-order valence-corrected chi connectivity index (χ4v) is 1.13. The molecule has 0 saturated carbocycles. The minimum Gasteiger partial charge on any atom is -0.396 e. The Morgan fingerprint density at radius 3 is 2.93 bits per heavy atom. The molecule has 5 heteroatoms. The fraction of sp³-hybridized carbons (Fsp3) is 0.556. The van der Waals surface area contributed by atoms with E-state index in [1.54, 1.807) is 0 Å². The quantitative estimate of drug-likeness (QED) is 0.650. The van der Waals surface area contributed by atoms with E-state index in [9.17, 15) is 4.79 Å². The largest absolute Gasteiger partial charge is 0.396 e. The molecule has 1 rings (SSSR count). The summed E-state index contributed by atoms with van der Waals surface area (Å²) in [5.41, 5.74) is -0.461. The van der Waals surface area contributed by atoms with Crippen LogP contribution in [0.5, 0.6) is 0 Å². The normalized spacial score (nSPS) is 11.4. The number of hydrogen-bond donors (Lipinski definition) is 3. The minimum atomic E-state index is -0.268. The second-order valence-electron chi connectivity index (χ2n) is 3.78. The van der Waals surface area contributed by atoms with Crippen LogP contribution in [-0.4, -0.2) is 27.2 Å². The van der Waals surface area contributed by atoms with Crippen LogP contribution in [0, 0.1) is 0 Å². The van der Waals surface area contributed by atoms with Crippen molar-refractivity contribution in [3.05, 3.63) is 22.7 Å². The van der Waals surface area contributed by atoms with Crippen LogP contribution in [0.1, 0.15) is 20.3 Å². The standard InChI is InChI=1S/C9H15N3O2/c1-9(2,3-4-13)12-7-5-8(14)11-6-10-7/h5-6,13H,3-4H2,1-2H3,(H2,10,11,12,14). The van der Waals surface area contributed by atoms with Gasteiger partial charge in [-0.05, 0) is 20.3 Å². The molecule has 0 aliphatic rings. The third kappa shape index (κ3) is 3.18. The topological polar surface area (TPSA) is 78.0 Å². The van der Waals surface area contributed by atoms with Crippen molar-refractivity contribution in [2.75, 3.05) is 11.9 Å². The van der Waals surface area contributed by atoms with E-state index in [2.05, 4.69) is 15.3 Å². The summed E-state index contributed by atoms with van der Waals surface area (Å²) in [7, 11) is 0. The number of H-pyrrole nitrogens is 1. The average Bonchev–Trinajstić information content (AvgIpc) is 2.02. The summed E-state index contributed by atoms with van der Waals surface area (Å²) >= 11 is 0. The van der Waals surface area contributed by atoms with Crippen LogP contribution in [0.2, 0.25) is 0 Å². The highest BCUT2D eigenvalue weighted by Crippen LogP contribution is 2.13. The van der Waals surface area contributed by atoms with Gasteiger partial charge in [-0.3, -0.25) is 4.79 Å². The molecule has 0 bridgehead atoms. The van der Waals surface area contributed by atoms with Crippen molar-refractivity contribution < 1.29 is 5.11 Å². The van der Waals surface area contributed by atoms with Gasteiger partial charge >= 0.3 is 0 Å². The number of nitrogens with zero attached hydrogens (tertiary/aromatic N) is 1. The number of anilines is 1. The molecule has 5 nitrogen and oxygen atoms in total. The van der Waals surface area contributed by atoms with Crippen LogP contribution >= 0.6 is 0 Å². The molecule has 0 radical (unpaired) electrons. The van der Waals surface area contributed by atoms with E-state index in [0.29, 0.717) is 12.2 Å². The van der Waals surface area contributed by atoms with Gasteiger partial charge in [-0.15, -0.1) is 0 Å². The highest BCUT2D eigenvalue weighted by Gasteiger charge is 2.16. The maximum absolute atomic E-state index is 10.9. The lowest BCUT2D eigenvalue weighted by Gasteiger charge is -2.25. The van der Waals surface area contributed by atoms with Crippen molar-refractivity contribution in [2.45, 2.75) is 25.8 Å². The first-order valence-corrected chi connectivity index (χ1v) is 4.47. The highest BCUT2D eigenvalue weighted by molar-refractivity contribution is 5.34. The molecule has 0 amide bonds. The average molecular weight is 197 g/mol. The SMILES string of the molecule is CC(C)(CCO)Nc1cc(=O)[nH]cn1.